The maximum Gasteiger partial charge on any atom is 0.407 e. The monoisotopic (exact) mass is 419 g/mol. The van der Waals surface area contributed by atoms with E-state index in [0.717, 1.165) is 30.5 Å². The lowest BCUT2D eigenvalue weighted by Gasteiger charge is -2.14. The number of H-pyrrole nitrogens is 1. The Balaban J connectivity index is 1.38. The van der Waals surface area contributed by atoms with Crippen molar-refractivity contribution in [2.45, 2.75) is 62.6 Å². The molecule has 2 atom stereocenters. The quantitative estimate of drug-likeness (QED) is 0.590. The zero-order chi connectivity index (χ0) is 20.6. The van der Waals surface area contributed by atoms with Crippen molar-refractivity contribution in [1.29, 1.82) is 0 Å². The van der Waals surface area contributed by atoms with Gasteiger partial charge in [0, 0.05) is 36.0 Å². The third-order valence-electron chi connectivity index (χ3n) is 5.18. The molecule has 0 bridgehead atoms. The Morgan fingerprint density at radius 2 is 2.10 bits per heavy atom. The molecule has 2 heterocycles. The number of hydrogen-bond acceptors (Lipinski definition) is 6. The highest BCUT2D eigenvalue weighted by Crippen LogP contribution is 2.36. The molecule has 2 aromatic rings. The predicted octanol–water partition coefficient (Wildman–Crippen LogP) is 2.72. The second kappa shape index (κ2) is 7.68. The van der Waals surface area contributed by atoms with Crippen LogP contribution in [0.1, 0.15) is 50.3 Å². The molecule has 0 saturated heterocycles. The van der Waals surface area contributed by atoms with Gasteiger partial charge in [-0.1, -0.05) is 6.07 Å². The molecule has 1 fully saturated rings. The average molecular weight is 420 g/mol. The number of nitrogens with zero attached hydrogens (tertiary/aromatic N) is 1. The summed E-state index contributed by atoms with van der Waals surface area (Å²) in [5.74, 6) is 0.852. The van der Waals surface area contributed by atoms with Crippen LogP contribution in [0.2, 0.25) is 0 Å². The standard InChI is InChI=1S/C19H25N5O4S/c1-11(2)21-19(25)28-15-6-4-12(7-15)16-9-18(24-23-16)22-14-5-3-13-10-20-29(26,27)17(13)8-14/h3,5,8-9,11-12,15,20H,4,6-7,10H2,1-2H3,(H,21,25)(H2,22,23,24)/t12-,15?/m0/s1. The van der Waals surface area contributed by atoms with Crippen LogP contribution in [0.25, 0.3) is 0 Å². The first kappa shape index (κ1) is 19.7. The minimum atomic E-state index is -3.42. The Bertz CT molecular complexity index is 1020. The number of rotatable bonds is 5. The first-order chi connectivity index (χ1) is 13.8. The van der Waals surface area contributed by atoms with Gasteiger partial charge in [0.05, 0.1) is 4.90 Å². The molecule has 1 aliphatic carbocycles. The van der Waals surface area contributed by atoms with Gasteiger partial charge in [0.2, 0.25) is 10.0 Å². The van der Waals surface area contributed by atoms with Gasteiger partial charge in [0.1, 0.15) is 6.10 Å². The molecule has 1 unspecified atom stereocenters. The number of benzene rings is 1. The molecule has 1 amide bonds. The Morgan fingerprint density at radius 1 is 1.28 bits per heavy atom. The summed E-state index contributed by atoms with van der Waals surface area (Å²) in [6.07, 6.45) is 1.99. The predicted molar refractivity (Wildman–Crippen MR) is 107 cm³/mol. The largest absolute Gasteiger partial charge is 0.446 e. The number of aromatic amines is 1. The summed E-state index contributed by atoms with van der Waals surface area (Å²) in [5.41, 5.74) is 2.39. The number of aromatic nitrogens is 2. The van der Waals surface area contributed by atoms with Crippen LogP contribution in [0, 0.1) is 0 Å². The third-order valence-corrected chi connectivity index (χ3v) is 6.67. The fourth-order valence-corrected chi connectivity index (χ4v) is 5.06. The van der Waals surface area contributed by atoms with Crippen molar-refractivity contribution in [2.75, 3.05) is 5.32 Å². The summed E-state index contributed by atoms with van der Waals surface area (Å²) in [5, 5.41) is 13.2. The van der Waals surface area contributed by atoms with Gasteiger partial charge in [-0.15, -0.1) is 0 Å². The Labute approximate surface area is 169 Å². The molecule has 1 saturated carbocycles. The van der Waals surface area contributed by atoms with Gasteiger partial charge in [-0.3, -0.25) is 5.10 Å². The number of fused-ring (bicyclic) bond motifs is 1. The van der Waals surface area contributed by atoms with Gasteiger partial charge in [-0.2, -0.15) is 5.10 Å². The average Bonchev–Trinajstić information content (AvgIpc) is 3.35. The summed E-state index contributed by atoms with van der Waals surface area (Å²) in [7, 11) is -3.42. The van der Waals surface area contributed by atoms with Gasteiger partial charge < -0.3 is 15.4 Å². The van der Waals surface area contributed by atoms with E-state index in [1.54, 1.807) is 12.1 Å². The summed E-state index contributed by atoms with van der Waals surface area (Å²) in [6.45, 7) is 4.11. The molecule has 156 valence electrons. The number of anilines is 2. The Kier molecular flexibility index (Phi) is 5.22. The van der Waals surface area contributed by atoms with E-state index in [9.17, 15) is 13.2 Å². The molecule has 4 rings (SSSR count). The number of amides is 1. The fraction of sp³-hybridized carbons (Fsp3) is 0.474. The highest BCUT2D eigenvalue weighted by atomic mass is 32.2. The van der Waals surface area contributed by atoms with Crippen molar-refractivity contribution in [3.63, 3.8) is 0 Å². The molecule has 4 N–H and O–H groups in total. The summed E-state index contributed by atoms with van der Waals surface area (Å²) in [6, 6.07) is 7.21. The lowest BCUT2D eigenvalue weighted by molar-refractivity contribution is 0.0981. The van der Waals surface area contributed by atoms with Crippen LogP contribution in [-0.2, 0) is 21.3 Å². The molecule has 0 spiro atoms. The number of carbonyl (C=O) groups excluding carboxylic acids is 1. The van der Waals surface area contributed by atoms with Gasteiger partial charge in [0.15, 0.2) is 5.82 Å². The van der Waals surface area contributed by atoms with Crippen molar-refractivity contribution in [2.24, 2.45) is 0 Å². The molecular weight excluding hydrogens is 394 g/mol. The number of sulfonamides is 1. The molecular formula is C19H25N5O4S. The van der Waals surface area contributed by atoms with E-state index in [-0.39, 0.29) is 24.2 Å². The van der Waals surface area contributed by atoms with Crippen molar-refractivity contribution < 1.29 is 17.9 Å². The fourth-order valence-electron chi connectivity index (χ4n) is 3.79. The smallest absolute Gasteiger partial charge is 0.407 e. The minimum Gasteiger partial charge on any atom is -0.446 e. The van der Waals surface area contributed by atoms with Crippen LogP contribution >= 0.6 is 0 Å². The van der Waals surface area contributed by atoms with Gasteiger partial charge in [-0.05, 0) is 50.8 Å². The summed E-state index contributed by atoms with van der Waals surface area (Å²) in [4.78, 5) is 12.1. The van der Waals surface area contributed by atoms with Crippen molar-refractivity contribution in [3.05, 3.63) is 35.5 Å². The number of nitrogens with one attached hydrogen (secondary N) is 4. The second-order valence-corrected chi connectivity index (χ2v) is 9.55. The van der Waals surface area contributed by atoms with Crippen LogP contribution in [0.3, 0.4) is 0 Å². The van der Waals surface area contributed by atoms with Crippen LogP contribution in [-0.4, -0.2) is 36.9 Å². The maximum absolute atomic E-state index is 12.0. The highest BCUT2D eigenvalue weighted by molar-refractivity contribution is 7.89. The van der Waals surface area contributed by atoms with Gasteiger partial charge in [0.25, 0.3) is 0 Å². The van der Waals surface area contributed by atoms with E-state index in [1.807, 2.05) is 26.0 Å². The zero-order valence-electron chi connectivity index (χ0n) is 16.4. The normalized spacial score (nSPS) is 22.4. The maximum atomic E-state index is 12.0. The minimum absolute atomic E-state index is 0.0472. The summed E-state index contributed by atoms with van der Waals surface area (Å²) >= 11 is 0. The molecule has 1 aliphatic heterocycles. The first-order valence-electron chi connectivity index (χ1n) is 9.72. The second-order valence-electron chi connectivity index (χ2n) is 7.82. The molecule has 9 nitrogen and oxygen atoms in total. The molecule has 0 radical (unpaired) electrons. The van der Waals surface area contributed by atoms with E-state index >= 15 is 0 Å². The lowest BCUT2D eigenvalue weighted by atomic mass is 10.0. The van der Waals surface area contributed by atoms with Crippen molar-refractivity contribution in [1.82, 2.24) is 20.2 Å². The Hall–Kier alpha value is -2.59. The van der Waals surface area contributed by atoms with Crippen LogP contribution in [0.15, 0.2) is 29.2 Å². The number of hydrogen-bond donors (Lipinski definition) is 4. The van der Waals surface area contributed by atoms with Crippen LogP contribution in [0.4, 0.5) is 16.3 Å². The van der Waals surface area contributed by atoms with E-state index < -0.39 is 10.0 Å². The van der Waals surface area contributed by atoms with Crippen LogP contribution in [0.5, 0.6) is 0 Å². The lowest BCUT2D eigenvalue weighted by Crippen LogP contribution is -2.33. The zero-order valence-corrected chi connectivity index (χ0v) is 17.2. The molecule has 1 aromatic carbocycles. The summed E-state index contributed by atoms with van der Waals surface area (Å²) < 4.78 is 32.0. The number of carbonyl (C=O) groups is 1. The van der Waals surface area contributed by atoms with Gasteiger partial charge >= 0.3 is 6.09 Å². The van der Waals surface area contributed by atoms with Crippen LogP contribution < -0.4 is 15.4 Å². The third kappa shape index (κ3) is 4.38. The molecule has 10 heteroatoms. The van der Waals surface area contributed by atoms with E-state index in [1.165, 1.54) is 0 Å². The van der Waals surface area contributed by atoms with E-state index in [0.29, 0.717) is 22.9 Å². The first-order valence-corrected chi connectivity index (χ1v) is 11.2. The van der Waals surface area contributed by atoms with E-state index in [4.69, 9.17) is 4.74 Å². The van der Waals surface area contributed by atoms with Gasteiger partial charge in [-0.25, -0.2) is 17.9 Å². The number of alkyl carbamates (subject to hydrolysis) is 1. The molecule has 2 aliphatic rings. The number of ether oxygens (including phenoxy) is 1. The van der Waals surface area contributed by atoms with Crippen molar-refractivity contribution >= 4 is 27.6 Å². The topological polar surface area (TPSA) is 125 Å². The SMILES string of the molecule is CC(C)NC(=O)OC1CC[C@H](c2cc(Nc3ccc4c(c3)S(=O)(=O)NC4)n[nH]2)C1. The highest BCUT2D eigenvalue weighted by Gasteiger charge is 2.30. The Morgan fingerprint density at radius 3 is 2.90 bits per heavy atom. The van der Waals surface area contributed by atoms with Crippen molar-refractivity contribution in [3.8, 4) is 0 Å². The van der Waals surface area contributed by atoms with E-state index in [2.05, 4.69) is 25.6 Å². The molecule has 29 heavy (non-hydrogen) atoms. The molecule has 1 aromatic heterocycles.